The third kappa shape index (κ3) is 3.67. The van der Waals surface area contributed by atoms with Crippen molar-refractivity contribution in [2.45, 2.75) is 5.54 Å². The van der Waals surface area contributed by atoms with Crippen molar-refractivity contribution in [3.8, 4) is 11.5 Å². The van der Waals surface area contributed by atoms with Gasteiger partial charge in [0.15, 0.2) is 5.54 Å². The van der Waals surface area contributed by atoms with Crippen LogP contribution in [0.4, 0.5) is 0 Å². The van der Waals surface area contributed by atoms with Gasteiger partial charge in [-0.1, -0.05) is 71.7 Å². The second-order valence-electron chi connectivity index (χ2n) is 7.72. The van der Waals surface area contributed by atoms with Crippen LogP contribution in [0.5, 0.6) is 11.5 Å². The van der Waals surface area contributed by atoms with Gasteiger partial charge in [-0.05, 0) is 65.2 Å². The fourth-order valence-electron chi connectivity index (χ4n) is 4.16. The van der Waals surface area contributed by atoms with E-state index >= 15 is 0 Å². The second kappa shape index (κ2) is 8.39. The Hall–Kier alpha value is -3.60. The number of halogens is 2. The first-order valence-corrected chi connectivity index (χ1v) is 11.0. The maximum Gasteiger partial charge on any atom is 0.160 e. The van der Waals surface area contributed by atoms with Crippen LogP contribution in [0.25, 0.3) is 11.3 Å². The first-order chi connectivity index (χ1) is 16.0. The highest BCUT2D eigenvalue weighted by Gasteiger charge is 2.45. The van der Waals surface area contributed by atoms with Gasteiger partial charge in [-0.25, -0.2) is 0 Å². The molecule has 4 nitrogen and oxygen atoms in total. The molecule has 4 aromatic rings. The molecule has 0 saturated carbocycles. The smallest absolute Gasteiger partial charge is 0.160 e. The number of rotatable bonds is 4. The van der Waals surface area contributed by atoms with Crippen LogP contribution in [0.1, 0.15) is 22.3 Å². The van der Waals surface area contributed by atoms with Crippen molar-refractivity contribution in [3.63, 3.8) is 0 Å². The summed E-state index contributed by atoms with van der Waals surface area (Å²) < 4.78 is 0. The quantitative estimate of drug-likeness (QED) is 0.319. The van der Waals surface area contributed by atoms with E-state index in [4.69, 9.17) is 28.3 Å². The fraction of sp³-hybridized carbons (Fsp3) is 0.0370. The molecule has 1 unspecified atom stereocenters. The minimum atomic E-state index is -1.03. The molecule has 0 radical (unpaired) electrons. The maximum atomic E-state index is 9.95. The first kappa shape index (κ1) is 21.3. The molecule has 0 spiro atoms. The molecule has 1 heterocycles. The lowest BCUT2D eigenvalue weighted by molar-refractivity contribution is 0.474. The van der Waals surface area contributed by atoms with Crippen LogP contribution in [0.15, 0.2) is 107 Å². The highest BCUT2D eigenvalue weighted by atomic mass is 35.5. The van der Waals surface area contributed by atoms with Crippen LogP contribution < -0.4 is 0 Å². The number of phenols is 2. The summed E-state index contributed by atoms with van der Waals surface area (Å²) in [5.41, 5.74) is 3.87. The Bertz CT molecular complexity index is 1380. The van der Waals surface area contributed by atoms with Crippen molar-refractivity contribution in [3.05, 3.63) is 129 Å². The molecular formula is C27H18Cl2N2O2. The first-order valence-electron chi connectivity index (χ1n) is 10.3. The van der Waals surface area contributed by atoms with Crippen LogP contribution >= 0.6 is 23.2 Å². The van der Waals surface area contributed by atoms with E-state index in [1.54, 1.807) is 36.4 Å². The Labute approximate surface area is 201 Å². The molecule has 162 valence electrons. The molecular weight excluding hydrogens is 455 g/mol. The number of aromatic hydroxyl groups is 2. The lowest BCUT2D eigenvalue weighted by atomic mass is 9.74. The zero-order valence-corrected chi connectivity index (χ0v) is 18.8. The number of nitrogens with zero attached hydrogens (tertiary/aromatic N) is 2. The monoisotopic (exact) mass is 472 g/mol. The molecule has 0 fully saturated rings. The molecule has 4 aromatic carbocycles. The number of hydrogen-bond acceptors (Lipinski definition) is 4. The summed E-state index contributed by atoms with van der Waals surface area (Å²) in [5.74, 6) is 0.326. The summed E-state index contributed by atoms with van der Waals surface area (Å²) in [7, 11) is 0. The van der Waals surface area contributed by atoms with Gasteiger partial charge >= 0.3 is 0 Å². The zero-order chi connectivity index (χ0) is 23.0. The molecule has 0 saturated heterocycles. The number of hydrogen-bond donors (Lipinski definition) is 2. The number of azo groups is 1. The molecule has 1 aliphatic rings. The van der Waals surface area contributed by atoms with Gasteiger partial charge in [0.2, 0.25) is 0 Å². The largest absolute Gasteiger partial charge is 0.508 e. The van der Waals surface area contributed by atoms with Gasteiger partial charge in [0.1, 0.15) is 11.5 Å². The Kier molecular flexibility index (Phi) is 5.41. The molecule has 2 N–H and O–H groups in total. The van der Waals surface area contributed by atoms with Crippen molar-refractivity contribution in [1.82, 2.24) is 0 Å². The highest BCUT2D eigenvalue weighted by Crippen LogP contribution is 2.54. The second-order valence-corrected chi connectivity index (χ2v) is 8.54. The van der Waals surface area contributed by atoms with Crippen LogP contribution in [0.2, 0.25) is 10.0 Å². The van der Waals surface area contributed by atoms with Crippen molar-refractivity contribution in [1.29, 1.82) is 0 Å². The van der Waals surface area contributed by atoms with Gasteiger partial charge in [-0.2, -0.15) is 10.2 Å². The average molecular weight is 473 g/mol. The Balaban J connectivity index is 1.87. The molecule has 0 aromatic heterocycles. The van der Waals surface area contributed by atoms with Crippen LogP contribution in [0, 0.1) is 0 Å². The van der Waals surface area contributed by atoms with Gasteiger partial charge < -0.3 is 10.2 Å². The van der Waals surface area contributed by atoms with Crippen molar-refractivity contribution in [2.24, 2.45) is 10.2 Å². The molecule has 0 amide bonds. The van der Waals surface area contributed by atoms with E-state index in [1.165, 1.54) is 0 Å². The molecule has 0 bridgehead atoms. The SMILES string of the molecule is Oc1ccc(C2=C(c3ccccc3)C(c3ccc(O)cc3)(c3ccc(Cl)c(Cl)c3)N=N2)cc1. The lowest BCUT2D eigenvalue weighted by Gasteiger charge is -2.30. The van der Waals surface area contributed by atoms with Gasteiger partial charge in [-0.3, -0.25) is 0 Å². The van der Waals surface area contributed by atoms with Crippen molar-refractivity contribution >= 4 is 34.5 Å². The summed E-state index contributed by atoms with van der Waals surface area (Å²) in [5, 5.41) is 30.1. The minimum absolute atomic E-state index is 0.155. The van der Waals surface area contributed by atoms with E-state index < -0.39 is 5.54 Å². The normalized spacial score (nSPS) is 17.5. The standard InChI is InChI=1S/C27H18Cl2N2O2/c28-23-15-10-20(16-24(23)29)27(19-8-13-22(33)14-9-19)25(17-4-2-1-3-5-17)26(30-31-27)18-6-11-21(32)12-7-18/h1-16,32-33H. The summed E-state index contributed by atoms with van der Waals surface area (Å²) in [6.45, 7) is 0. The van der Waals surface area contributed by atoms with E-state index in [2.05, 4.69) is 5.11 Å². The summed E-state index contributed by atoms with van der Waals surface area (Å²) in [4.78, 5) is 0. The third-order valence-electron chi connectivity index (χ3n) is 5.72. The van der Waals surface area contributed by atoms with E-state index in [9.17, 15) is 10.2 Å². The van der Waals surface area contributed by atoms with E-state index in [-0.39, 0.29) is 11.5 Å². The van der Waals surface area contributed by atoms with Crippen LogP contribution in [0.3, 0.4) is 0 Å². The van der Waals surface area contributed by atoms with E-state index in [1.807, 2.05) is 60.7 Å². The van der Waals surface area contributed by atoms with Gasteiger partial charge in [0.05, 0.1) is 15.7 Å². The highest BCUT2D eigenvalue weighted by molar-refractivity contribution is 6.42. The molecule has 6 heteroatoms. The van der Waals surface area contributed by atoms with Crippen molar-refractivity contribution < 1.29 is 10.2 Å². The van der Waals surface area contributed by atoms with Crippen molar-refractivity contribution in [2.75, 3.05) is 0 Å². The Morgan fingerprint density at radius 2 is 1.21 bits per heavy atom. The maximum absolute atomic E-state index is 9.95. The topological polar surface area (TPSA) is 65.2 Å². The zero-order valence-electron chi connectivity index (χ0n) is 17.3. The predicted molar refractivity (Wildman–Crippen MR) is 132 cm³/mol. The lowest BCUT2D eigenvalue weighted by Crippen LogP contribution is -2.25. The van der Waals surface area contributed by atoms with Gasteiger partial charge in [0, 0.05) is 11.1 Å². The Morgan fingerprint density at radius 3 is 1.85 bits per heavy atom. The predicted octanol–water partition coefficient (Wildman–Crippen LogP) is 7.68. The van der Waals surface area contributed by atoms with Gasteiger partial charge in [-0.15, -0.1) is 0 Å². The Morgan fingerprint density at radius 1 is 0.606 bits per heavy atom. The van der Waals surface area contributed by atoms with E-state index in [0.29, 0.717) is 15.7 Å². The molecule has 1 atom stereocenters. The minimum Gasteiger partial charge on any atom is -0.508 e. The molecule has 0 aliphatic carbocycles. The summed E-state index contributed by atoms with van der Waals surface area (Å²) >= 11 is 12.7. The fourth-order valence-corrected chi connectivity index (χ4v) is 4.46. The number of phenolic OH excluding ortho intramolecular Hbond substituents is 2. The average Bonchev–Trinajstić information content (AvgIpc) is 3.24. The van der Waals surface area contributed by atoms with Gasteiger partial charge in [0.25, 0.3) is 0 Å². The summed E-state index contributed by atoms with van der Waals surface area (Å²) in [6.07, 6.45) is 0. The van der Waals surface area contributed by atoms with Crippen LogP contribution in [-0.4, -0.2) is 10.2 Å². The number of benzene rings is 4. The third-order valence-corrected chi connectivity index (χ3v) is 6.46. The molecule has 1 aliphatic heterocycles. The summed E-state index contributed by atoms with van der Waals surface area (Å²) in [6, 6.07) is 29.2. The van der Waals surface area contributed by atoms with Crippen LogP contribution in [-0.2, 0) is 5.54 Å². The molecule has 5 rings (SSSR count). The van der Waals surface area contributed by atoms with E-state index in [0.717, 1.165) is 27.8 Å². The molecule has 33 heavy (non-hydrogen) atoms.